The number of nitrogens with zero attached hydrogens (tertiary/aromatic N) is 3. The summed E-state index contributed by atoms with van der Waals surface area (Å²) >= 11 is 0. The Hall–Kier alpha value is -2.22. The van der Waals surface area contributed by atoms with Gasteiger partial charge in [-0.05, 0) is 19.3 Å². The van der Waals surface area contributed by atoms with Gasteiger partial charge in [0.15, 0.2) is 0 Å². The number of piperidine rings is 1. The second-order valence-electron chi connectivity index (χ2n) is 6.44. The average molecular weight is 334 g/mol. The normalized spacial score (nSPS) is 24.0. The number of amides is 2. The van der Waals surface area contributed by atoms with Crippen molar-refractivity contribution in [1.82, 2.24) is 19.8 Å². The first-order chi connectivity index (χ1) is 11.6. The lowest BCUT2D eigenvalue weighted by molar-refractivity contribution is -0.146. The fourth-order valence-electron chi connectivity index (χ4n) is 3.61. The van der Waals surface area contributed by atoms with Crippen molar-refractivity contribution < 1.29 is 14.3 Å². The van der Waals surface area contributed by atoms with Crippen molar-refractivity contribution >= 4 is 11.8 Å². The van der Waals surface area contributed by atoms with E-state index in [4.69, 9.17) is 4.74 Å². The molecule has 1 aromatic heterocycles. The van der Waals surface area contributed by atoms with E-state index in [2.05, 4.69) is 9.97 Å². The molecule has 1 unspecified atom stereocenters. The van der Waals surface area contributed by atoms with E-state index in [1.807, 2.05) is 4.90 Å². The third kappa shape index (κ3) is 3.06. The minimum Gasteiger partial charge on any atom is -0.383 e. The van der Waals surface area contributed by atoms with Crippen LogP contribution >= 0.6 is 0 Å². The molecule has 0 saturated carbocycles. The van der Waals surface area contributed by atoms with E-state index in [0.717, 1.165) is 25.6 Å². The standard InChI is InChI=1S/C16H22N4O4/c1-24-8-7-19-5-2-3-16(15(19)23)4-6-20(11-16)14(22)12-9-18-13(21)10-17-12/h9-10H,2-8,11H2,1H3,(H,18,21). The summed E-state index contributed by atoms with van der Waals surface area (Å²) in [6, 6.07) is 0. The van der Waals surface area contributed by atoms with Crippen LogP contribution in [0.3, 0.4) is 0 Å². The topological polar surface area (TPSA) is 95.6 Å². The van der Waals surface area contributed by atoms with Crippen molar-refractivity contribution in [3.63, 3.8) is 0 Å². The summed E-state index contributed by atoms with van der Waals surface area (Å²) in [4.78, 5) is 46.3. The maximum absolute atomic E-state index is 12.9. The Labute approximate surface area is 139 Å². The lowest BCUT2D eigenvalue weighted by Gasteiger charge is -2.39. The van der Waals surface area contributed by atoms with Crippen molar-refractivity contribution in [2.45, 2.75) is 19.3 Å². The van der Waals surface area contributed by atoms with E-state index in [1.165, 1.54) is 6.20 Å². The molecule has 2 amide bonds. The van der Waals surface area contributed by atoms with E-state index < -0.39 is 5.41 Å². The zero-order chi connectivity index (χ0) is 17.2. The van der Waals surface area contributed by atoms with Gasteiger partial charge in [0.05, 0.1) is 18.2 Å². The zero-order valence-electron chi connectivity index (χ0n) is 13.8. The second kappa shape index (κ2) is 6.72. The molecule has 2 fully saturated rings. The number of aromatic amines is 1. The molecule has 0 aromatic carbocycles. The summed E-state index contributed by atoms with van der Waals surface area (Å²) in [6.07, 6.45) is 4.83. The summed E-state index contributed by atoms with van der Waals surface area (Å²) in [5.74, 6) is -0.125. The van der Waals surface area contributed by atoms with Crippen LogP contribution in [0, 0.1) is 5.41 Å². The molecule has 1 N–H and O–H groups in total. The molecule has 0 bridgehead atoms. The van der Waals surface area contributed by atoms with Crippen molar-refractivity contribution in [3.8, 4) is 0 Å². The van der Waals surface area contributed by atoms with Gasteiger partial charge in [0.2, 0.25) is 5.91 Å². The summed E-state index contributed by atoms with van der Waals surface area (Å²) in [5, 5.41) is 0. The SMILES string of the molecule is COCCN1CCCC2(CCN(C(=O)c3c[nH]c(=O)cn3)C2)C1=O. The number of hydrogen-bond acceptors (Lipinski definition) is 5. The van der Waals surface area contributed by atoms with Gasteiger partial charge in [0.1, 0.15) is 5.69 Å². The van der Waals surface area contributed by atoms with Crippen LogP contribution in [0.2, 0.25) is 0 Å². The van der Waals surface area contributed by atoms with Gasteiger partial charge in [-0.1, -0.05) is 0 Å². The van der Waals surface area contributed by atoms with Crippen molar-refractivity contribution in [1.29, 1.82) is 0 Å². The second-order valence-corrected chi connectivity index (χ2v) is 6.44. The van der Waals surface area contributed by atoms with Crippen LogP contribution in [0.4, 0.5) is 0 Å². The Morgan fingerprint density at radius 2 is 2.21 bits per heavy atom. The molecule has 2 aliphatic heterocycles. The molecule has 8 heteroatoms. The largest absolute Gasteiger partial charge is 0.383 e. The Morgan fingerprint density at radius 3 is 2.92 bits per heavy atom. The Kier molecular flexibility index (Phi) is 4.66. The molecule has 0 aliphatic carbocycles. The number of aromatic nitrogens is 2. The number of methoxy groups -OCH3 is 1. The van der Waals surface area contributed by atoms with Gasteiger partial charge >= 0.3 is 0 Å². The van der Waals surface area contributed by atoms with Gasteiger partial charge < -0.3 is 19.5 Å². The van der Waals surface area contributed by atoms with Crippen LogP contribution in [0.1, 0.15) is 29.8 Å². The molecule has 0 radical (unpaired) electrons. The first-order valence-electron chi connectivity index (χ1n) is 8.18. The number of carbonyl (C=O) groups is 2. The molecule has 1 aromatic rings. The van der Waals surface area contributed by atoms with Gasteiger partial charge in [-0.15, -0.1) is 0 Å². The predicted octanol–water partition coefficient (Wildman–Crippen LogP) is -0.129. The minimum atomic E-state index is -0.482. The summed E-state index contributed by atoms with van der Waals surface area (Å²) in [6.45, 7) is 2.80. The van der Waals surface area contributed by atoms with E-state index in [-0.39, 0.29) is 23.1 Å². The Balaban J connectivity index is 1.71. The fourth-order valence-corrected chi connectivity index (χ4v) is 3.61. The zero-order valence-corrected chi connectivity index (χ0v) is 13.8. The minimum absolute atomic E-state index is 0.121. The highest BCUT2D eigenvalue weighted by atomic mass is 16.5. The van der Waals surface area contributed by atoms with Crippen LogP contribution in [-0.2, 0) is 9.53 Å². The highest BCUT2D eigenvalue weighted by Gasteiger charge is 2.49. The van der Waals surface area contributed by atoms with Gasteiger partial charge in [-0.3, -0.25) is 14.4 Å². The first kappa shape index (κ1) is 16.6. The fraction of sp³-hybridized carbons (Fsp3) is 0.625. The quantitative estimate of drug-likeness (QED) is 0.828. The summed E-state index contributed by atoms with van der Waals surface area (Å²) < 4.78 is 5.08. The summed E-state index contributed by atoms with van der Waals surface area (Å²) in [7, 11) is 1.62. The number of hydrogen-bond donors (Lipinski definition) is 1. The highest BCUT2D eigenvalue weighted by Crippen LogP contribution is 2.40. The number of nitrogens with one attached hydrogen (secondary N) is 1. The van der Waals surface area contributed by atoms with Gasteiger partial charge in [0.25, 0.3) is 11.5 Å². The molecule has 2 saturated heterocycles. The van der Waals surface area contributed by atoms with Gasteiger partial charge in [-0.25, -0.2) is 4.98 Å². The predicted molar refractivity (Wildman–Crippen MR) is 85.5 cm³/mol. The molecule has 1 atom stereocenters. The molecular weight excluding hydrogens is 312 g/mol. The van der Waals surface area contributed by atoms with Crippen LogP contribution in [0.5, 0.6) is 0 Å². The number of rotatable bonds is 4. The highest BCUT2D eigenvalue weighted by molar-refractivity contribution is 5.93. The van der Waals surface area contributed by atoms with Crippen LogP contribution in [0.25, 0.3) is 0 Å². The van der Waals surface area contributed by atoms with Crippen molar-refractivity contribution in [2.75, 3.05) is 39.9 Å². The first-order valence-corrected chi connectivity index (χ1v) is 8.18. The van der Waals surface area contributed by atoms with Crippen molar-refractivity contribution in [2.24, 2.45) is 5.41 Å². The van der Waals surface area contributed by atoms with E-state index in [1.54, 1.807) is 12.0 Å². The average Bonchev–Trinajstić information content (AvgIpc) is 3.01. The van der Waals surface area contributed by atoms with E-state index >= 15 is 0 Å². The molecule has 2 aliphatic rings. The van der Waals surface area contributed by atoms with E-state index in [9.17, 15) is 14.4 Å². The van der Waals surface area contributed by atoms with Crippen LogP contribution in [0.15, 0.2) is 17.2 Å². The molecule has 3 heterocycles. The molecule has 8 nitrogen and oxygen atoms in total. The third-order valence-corrected chi connectivity index (χ3v) is 4.92. The number of H-pyrrole nitrogens is 1. The molecule has 130 valence electrons. The molecular formula is C16H22N4O4. The molecule has 24 heavy (non-hydrogen) atoms. The van der Waals surface area contributed by atoms with Crippen LogP contribution < -0.4 is 5.56 Å². The lowest BCUT2D eigenvalue weighted by Crippen LogP contribution is -2.51. The maximum atomic E-state index is 12.9. The molecule has 1 spiro atoms. The number of carbonyl (C=O) groups excluding carboxylic acids is 2. The molecule has 3 rings (SSSR count). The van der Waals surface area contributed by atoms with Gasteiger partial charge in [0, 0.05) is 39.5 Å². The Morgan fingerprint density at radius 1 is 1.38 bits per heavy atom. The smallest absolute Gasteiger partial charge is 0.273 e. The van der Waals surface area contributed by atoms with Gasteiger partial charge in [-0.2, -0.15) is 0 Å². The van der Waals surface area contributed by atoms with Crippen LogP contribution in [-0.4, -0.2) is 71.5 Å². The lowest BCUT2D eigenvalue weighted by atomic mass is 9.78. The summed E-state index contributed by atoms with van der Waals surface area (Å²) in [5.41, 5.74) is -0.629. The Bertz CT molecular complexity index is 668. The monoisotopic (exact) mass is 334 g/mol. The third-order valence-electron chi connectivity index (χ3n) is 4.92. The van der Waals surface area contributed by atoms with Crippen molar-refractivity contribution in [3.05, 3.63) is 28.4 Å². The number of likely N-dealkylation sites (tertiary alicyclic amines) is 2. The maximum Gasteiger partial charge on any atom is 0.273 e. The number of ether oxygens (including phenoxy) is 1. The van der Waals surface area contributed by atoms with E-state index in [0.29, 0.717) is 32.7 Å².